The highest BCUT2D eigenvalue weighted by molar-refractivity contribution is 6.33. The molecule has 1 aliphatic heterocycles. The third kappa shape index (κ3) is 5.36. The van der Waals surface area contributed by atoms with Crippen LogP contribution in [0.5, 0.6) is 0 Å². The summed E-state index contributed by atoms with van der Waals surface area (Å²) in [4.78, 5) is 33.5. The van der Waals surface area contributed by atoms with Crippen molar-refractivity contribution in [1.29, 1.82) is 0 Å². The van der Waals surface area contributed by atoms with Crippen LogP contribution in [0.15, 0.2) is 59.0 Å². The molecule has 2 aromatic carbocycles. The normalized spacial score (nSPS) is 14.4. The van der Waals surface area contributed by atoms with E-state index in [-0.39, 0.29) is 24.8 Å². The fourth-order valence-electron chi connectivity index (χ4n) is 3.66. The summed E-state index contributed by atoms with van der Waals surface area (Å²) in [6.07, 6.45) is 0.204. The van der Waals surface area contributed by atoms with Crippen LogP contribution in [0.4, 0.5) is 5.69 Å². The van der Waals surface area contributed by atoms with Crippen LogP contribution in [-0.4, -0.2) is 59.3 Å². The summed E-state index contributed by atoms with van der Waals surface area (Å²) < 4.78 is 5.76. The van der Waals surface area contributed by atoms with Crippen molar-refractivity contribution in [1.82, 2.24) is 14.8 Å². The first-order chi connectivity index (χ1) is 15.5. The van der Waals surface area contributed by atoms with Crippen molar-refractivity contribution in [2.24, 2.45) is 0 Å². The highest BCUT2D eigenvalue weighted by Gasteiger charge is 2.24. The number of oxazole rings is 1. The van der Waals surface area contributed by atoms with E-state index in [0.717, 1.165) is 5.56 Å². The minimum atomic E-state index is -0.121. The van der Waals surface area contributed by atoms with Crippen molar-refractivity contribution in [3.63, 3.8) is 0 Å². The number of aryl methyl sites for hydroxylation is 1. The van der Waals surface area contributed by atoms with Crippen LogP contribution in [0.1, 0.15) is 11.5 Å². The fraction of sp³-hybridized carbons (Fsp3) is 0.292. The molecule has 0 unspecified atom stereocenters. The van der Waals surface area contributed by atoms with Crippen molar-refractivity contribution < 1.29 is 14.0 Å². The van der Waals surface area contributed by atoms with Gasteiger partial charge in [-0.2, -0.15) is 0 Å². The molecule has 2 amide bonds. The number of para-hydroxylation sites is 1. The zero-order valence-electron chi connectivity index (χ0n) is 17.9. The SMILES string of the molecule is Cc1oc(-c2ccccc2)nc1CC(=O)N1CCN(CC(=O)Nc2ccccc2Cl)CC1. The quantitative estimate of drug-likeness (QED) is 0.618. The Morgan fingerprint density at radius 3 is 2.44 bits per heavy atom. The average molecular weight is 453 g/mol. The minimum Gasteiger partial charge on any atom is -0.441 e. The Morgan fingerprint density at radius 1 is 1.03 bits per heavy atom. The molecule has 8 heteroatoms. The number of aromatic nitrogens is 1. The number of amides is 2. The van der Waals surface area contributed by atoms with Gasteiger partial charge in [0.15, 0.2) is 0 Å². The summed E-state index contributed by atoms with van der Waals surface area (Å²) in [5.41, 5.74) is 2.15. The summed E-state index contributed by atoms with van der Waals surface area (Å²) in [7, 11) is 0. The van der Waals surface area contributed by atoms with Crippen LogP contribution < -0.4 is 5.32 Å². The number of hydrogen-bond donors (Lipinski definition) is 1. The van der Waals surface area contributed by atoms with Gasteiger partial charge in [-0.05, 0) is 31.2 Å². The molecule has 1 aromatic heterocycles. The van der Waals surface area contributed by atoms with E-state index < -0.39 is 0 Å². The molecule has 1 aliphatic rings. The molecule has 0 aliphatic carbocycles. The van der Waals surface area contributed by atoms with Crippen LogP contribution in [0.25, 0.3) is 11.5 Å². The largest absolute Gasteiger partial charge is 0.441 e. The second-order valence-electron chi connectivity index (χ2n) is 7.75. The number of halogens is 1. The van der Waals surface area contributed by atoms with E-state index in [1.807, 2.05) is 59.2 Å². The molecular formula is C24H25ClN4O3. The first-order valence-electron chi connectivity index (χ1n) is 10.6. The van der Waals surface area contributed by atoms with Crippen LogP contribution >= 0.6 is 11.6 Å². The highest BCUT2D eigenvalue weighted by atomic mass is 35.5. The van der Waals surface area contributed by atoms with Gasteiger partial charge in [-0.1, -0.05) is 41.9 Å². The molecule has 1 saturated heterocycles. The number of piperazine rings is 1. The molecule has 1 fully saturated rings. The zero-order valence-corrected chi connectivity index (χ0v) is 18.6. The Bertz CT molecular complexity index is 1090. The number of anilines is 1. The molecule has 4 rings (SSSR count). The van der Waals surface area contributed by atoms with Crippen molar-refractivity contribution in [3.05, 3.63) is 71.1 Å². The maximum Gasteiger partial charge on any atom is 0.238 e. The Labute approximate surface area is 192 Å². The Morgan fingerprint density at radius 2 is 1.72 bits per heavy atom. The van der Waals surface area contributed by atoms with Gasteiger partial charge in [0.2, 0.25) is 17.7 Å². The predicted octanol–water partition coefficient (Wildman–Crippen LogP) is 3.63. The van der Waals surface area contributed by atoms with E-state index in [9.17, 15) is 9.59 Å². The maximum atomic E-state index is 12.8. The molecule has 0 bridgehead atoms. The highest BCUT2D eigenvalue weighted by Crippen LogP contribution is 2.22. The van der Waals surface area contributed by atoms with Gasteiger partial charge in [-0.3, -0.25) is 14.5 Å². The lowest BCUT2D eigenvalue weighted by atomic mass is 10.2. The molecule has 166 valence electrons. The molecule has 3 aromatic rings. The van der Waals surface area contributed by atoms with E-state index in [1.54, 1.807) is 12.1 Å². The van der Waals surface area contributed by atoms with Gasteiger partial charge >= 0.3 is 0 Å². The Kier molecular flexibility index (Phi) is 6.87. The average Bonchev–Trinajstić information content (AvgIpc) is 3.16. The van der Waals surface area contributed by atoms with E-state index >= 15 is 0 Å². The predicted molar refractivity (Wildman–Crippen MR) is 123 cm³/mol. The Hall–Kier alpha value is -3.16. The van der Waals surface area contributed by atoms with E-state index in [0.29, 0.717) is 54.2 Å². The number of benzene rings is 2. The fourth-order valence-corrected chi connectivity index (χ4v) is 3.85. The van der Waals surface area contributed by atoms with Crippen molar-refractivity contribution in [2.75, 3.05) is 38.0 Å². The summed E-state index contributed by atoms with van der Waals surface area (Å²) in [5, 5.41) is 3.34. The molecule has 0 radical (unpaired) electrons. The van der Waals surface area contributed by atoms with E-state index in [2.05, 4.69) is 10.3 Å². The number of carbonyl (C=O) groups excluding carboxylic acids is 2. The maximum absolute atomic E-state index is 12.8. The van der Waals surface area contributed by atoms with Gasteiger partial charge in [0.25, 0.3) is 0 Å². The Balaban J connectivity index is 1.27. The standard InChI is InChI=1S/C24H25ClN4O3/c1-17-21(27-24(32-17)18-7-3-2-4-8-18)15-23(31)29-13-11-28(12-14-29)16-22(30)26-20-10-6-5-9-19(20)25/h2-10H,11-16H2,1H3,(H,26,30). The number of carbonyl (C=O) groups is 2. The van der Waals surface area contributed by atoms with Gasteiger partial charge in [-0.15, -0.1) is 0 Å². The number of nitrogens with one attached hydrogen (secondary N) is 1. The molecule has 0 saturated carbocycles. The number of hydrogen-bond acceptors (Lipinski definition) is 5. The summed E-state index contributed by atoms with van der Waals surface area (Å²) in [6, 6.07) is 16.8. The lowest BCUT2D eigenvalue weighted by molar-refractivity contribution is -0.132. The summed E-state index contributed by atoms with van der Waals surface area (Å²) >= 11 is 6.09. The monoisotopic (exact) mass is 452 g/mol. The molecular weight excluding hydrogens is 428 g/mol. The van der Waals surface area contributed by atoms with E-state index in [4.69, 9.17) is 16.0 Å². The van der Waals surface area contributed by atoms with Gasteiger partial charge in [0.05, 0.1) is 29.4 Å². The molecule has 32 heavy (non-hydrogen) atoms. The van der Waals surface area contributed by atoms with Gasteiger partial charge < -0.3 is 14.6 Å². The second kappa shape index (κ2) is 9.97. The van der Waals surface area contributed by atoms with Crippen LogP contribution in [-0.2, 0) is 16.0 Å². The number of nitrogens with zero attached hydrogens (tertiary/aromatic N) is 3. The first-order valence-corrected chi connectivity index (χ1v) is 10.9. The topological polar surface area (TPSA) is 78.7 Å². The van der Waals surface area contributed by atoms with Gasteiger partial charge in [0, 0.05) is 31.7 Å². The summed E-state index contributed by atoms with van der Waals surface area (Å²) in [6.45, 7) is 4.50. The van der Waals surface area contributed by atoms with Crippen LogP contribution in [0.3, 0.4) is 0 Å². The van der Waals surface area contributed by atoms with Crippen LogP contribution in [0.2, 0.25) is 5.02 Å². The van der Waals surface area contributed by atoms with Gasteiger partial charge in [-0.25, -0.2) is 4.98 Å². The molecule has 0 spiro atoms. The lowest BCUT2D eigenvalue weighted by Gasteiger charge is -2.34. The number of rotatable bonds is 6. The summed E-state index contributed by atoms with van der Waals surface area (Å²) in [5.74, 6) is 1.08. The van der Waals surface area contributed by atoms with Crippen molar-refractivity contribution in [3.8, 4) is 11.5 Å². The lowest BCUT2D eigenvalue weighted by Crippen LogP contribution is -2.50. The zero-order chi connectivity index (χ0) is 22.5. The van der Waals surface area contributed by atoms with Crippen LogP contribution in [0, 0.1) is 6.92 Å². The third-order valence-electron chi connectivity index (χ3n) is 5.47. The first kappa shape index (κ1) is 22.0. The molecule has 7 nitrogen and oxygen atoms in total. The third-order valence-corrected chi connectivity index (χ3v) is 5.80. The van der Waals surface area contributed by atoms with E-state index in [1.165, 1.54) is 0 Å². The van der Waals surface area contributed by atoms with Crippen molar-refractivity contribution in [2.45, 2.75) is 13.3 Å². The molecule has 2 heterocycles. The second-order valence-corrected chi connectivity index (χ2v) is 8.16. The van der Waals surface area contributed by atoms with Crippen molar-refractivity contribution >= 4 is 29.1 Å². The minimum absolute atomic E-state index is 0.0150. The smallest absolute Gasteiger partial charge is 0.238 e. The van der Waals surface area contributed by atoms with Gasteiger partial charge in [0.1, 0.15) is 5.76 Å². The molecule has 1 N–H and O–H groups in total. The molecule has 0 atom stereocenters.